The highest BCUT2D eigenvalue weighted by Gasteiger charge is 2.32. The van der Waals surface area contributed by atoms with Gasteiger partial charge in [-0.25, -0.2) is 12.7 Å². The molecule has 2 aliphatic heterocycles. The zero-order valence-corrected chi connectivity index (χ0v) is 14.3. The summed E-state index contributed by atoms with van der Waals surface area (Å²) in [7, 11) is -6.78. The van der Waals surface area contributed by atoms with Gasteiger partial charge in [-0.05, 0) is 31.6 Å². The molecule has 2 fully saturated rings. The molecule has 9 heteroatoms. The molecule has 1 atom stereocenters. The Kier molecular flexibility index (Phi) is 5.30. The summed E-state index contributed by atoms with van der Waals surface area (Å²) in [6.45, 7) is 3.90. The largest absolute Gasteiger partial charge is 0.279 e. The molecule has 0 aliphatic carbocycles. The Balaban J connectivity index is 1.97. The first-order valence-electron chi connectivity index (χ1n) is 7.41. The van der Waals surface area contributed by atoms with Gasteiger partial charge < -0.3 is 0 Å². The maximum absolute atomic E-state index is 12.4. The molecular formula is C12H25N3O4S2. The van der Waals surface area contributed by atoms with E-state index in [1.807, 2.05) is 0 Å². The van der Waals surface area contributed by atoms with Gasteiger partial charge in [0.2, 0.25) is 10.0 Å². The average molecular weight is 339 g/mol. The van der Waals surface area contributed by atoms with Gasteiger partial charge in [0, 0.05) is 32.2 Å². The molecule has 0 spiro atoms. The molecule has 0 radical (unpaired) electrons. The molecule has 0 aromatic rings. The molecule has 0 bridgehead atoms. The molecule has 2 saturated heterocycles. The van der Waals surface area contributed by atoms with Crippen LogP contribution >= 0.6 is 0 Å². The van der Waals surface area contributed by atoms with Crippen LogP contribution in [0.15, 0.2) is 0 Å². The van der Waals surface area contributed by atoms with E-state index in [1.54, 1.807) is 0 Å². The van der Waals surface area contributed by atoms with Crippen LogP contribution in [0, 0.1) is 5.92 Å². The van der Waals surface area contributed by atoms with Gasteiger partial charge in [-0.15, -0.1) is 0 Å². The monoisotopic (exact) mass is 339 g/mol. The smallest absolute Gasteiger partial charge is 0.213 e. The molecule has 2 rings (SSSR count). The van der Waals surface area contributed by atoms with Gasteiger partial charge in [0.1, 0.15) is 0 Å². The van der Waals surface area contributed by atoms with Gasteiger partial charge in [0.15, 0.2) is 0 Å². The van der Waals surface area contributed by atoms with E-state index in [-0.39, 0.29) is 12.6 Å². The van der Waals surface area contributed by atoms with Crippen molar-refractivity contribution in [2.75, 3.05) is 32.4 Å². The van der Waals surface area contributed by atoms with Crippen molar-refractivity contribution in [3.63, 3.8) is 0 Å². The summed E-state index contributed by atoms with van der Waals surface area (Å²) in [5.41, 5.74) is 0. The topological polar surface area (TPSA) is 86.8 Å². The van der Waals surface area contributed by atoms with Crippen LogP contribution < -0.4 is 4.72 Å². The predicted octanol–water partition coefficient (Wildman–Crippen LogP) is -0.0233. The zero-order chi connectivity index (χ0) is 15.7. The first-order valence-corrected chi connectivity index (χ1v) is 10.7. The van der Waals surface area contributed by atoms with Crippen molar-refractivity contribution in [2.24, 2.45) is 5.92 Å². The van der Waals surface area contributed by atoms with Gasteiger partial charge in [0.25, 0.3) is 10.2 Å². The maximum atomic E-state index is 12.4. The van der Waals surface area contributed by atoms with E-state index < -0.39 is 20.2 Å². The third-order valence-electron chi connectivity index (χ3n) is 4.25. The minimum atomic E-state index is -3.51. The van der Waals surface area contributed by atoms with Crippen molar-refractivity contribution in [3.8, 4) is 0 Å². The molecule has 2 aliphatic rings. The minimum Gasteiger partial charge on any atom is -0.213 e. The van der Waals surface area contributed by atoms with Gasteiger partial charge in [0.05, 0.1) is 6.26 Å². The third kappa shape index (κ3) is 4.62. The van der Waals surface area contributed by atoms with E-state index in [1.165, 1.54) is 8.61 Å². The molecule has 7 nitrogen and oxygen atoms in total. The number of hydrogen-bond acceptors (Lipinski definition) is 4. The molecule has 21 heavy (non-hydrogen) atoms. The molecule has 0 aromatic heterocycles. The number of nitrogens with zero attached hydrogens (tertiary/aromatic N) is 2. The molecule has 1 N–H and O–H groups in total. The van der Waals surface area contributed by atoms with Crippen molar-refractivity contribution in [2.45, 2.75) is 38.6 Å². The zero-order valence-electron chi connectivity index (χ0n) is 12.7. The van der Waals surface area contributed by atoms with Crippen LogP contribution in [0.4, 0.5) is 0 Å². The highest BCUT2D eigenvalue weighted by Crippen LogP contribution is 2.19. The van der Waals surface area contributed by atoms with Gasteiger partial charge in [-0.2, -0.15) is 17.4 Å². The summed E-state index contributed by atoms with van der Waals surface area (Å²) >= 11 is 0. The van der Waals surface area contributed by atoms with Crippen LogP contribution in [0.1, 0.15) is 32.6 Å². The van der Waals surface area contributed by atoms with Gasteiger partial charge in [-0.3, -0.25) is 0 Å². The maximum Gasteiger partial charge on any atom is 0.279 e. The van der Waals surface area contributed by atoms with E-state index >= 15 is 0 Å². The van der Waals surface area contributed by atoms with Crippen LogP contribution in [-0.4, -0.2) is 63.9 Å². The number of sulfonamides is 1. The molecular weight excluding hydrogens is 314 g/mol. The van der Waals surface area contributed by atoms with E-state index in [2.05, 4.69) is 11.6 Å². The quantitative estimate of drug-likeness (QED) is 0.780. The van der Waals surface area contributed by atoms with Crippen LogP contribution in [0.2, 0.25) is 0 Å². The van der Waals surface area contributed by atoms with Crippen LogP contribution in [0.25, 0.3) is 0 Å². The second-order valence-electron chi connectivity index (χ2n) is 6.16. The summed E-state index contributed by atoms with van der Waals surface area (Å²) in [5.74, 6) is 0.562. The number of rotatable bonds is 4. The standard InChI is InChI=1S/C12H25N3O4S2/c1-11-5-8-14(9-6-11)21(18,19)13-12-4-3-7-15(10-12)20(2,16)17/h11-13H,3-10H2,1-2H3. The summed E-state index contributed by atoms with van der Waals surface area (Å²) in [6.07, 6.45) is 4.27. The van der Waals surface area contributed by atoms with Crippen molar-refractivity contribution in [3.05, 3.63) is 0 Å². The lowest BCUT2D eigenvalue weighted by Gasteiger charge is -2.34. The lowest BCUT2D eigenvalue weighted by atomic mass is 10.0. The van der Waals surface area contributed by atoms with E-state index in [4.69, 9.17) is 0 Å². The summed E-state index contributed by atoms with van der Waals surface area (Å²) in [6, 6.07) is -0.335. The summed E-state index contributed by atoms with van der Waals surface area (Å²) < 4.78 is 53.4. The lowest BCUT2D eigenvalue weighted by molar-refractivity contribution is 0.271. The van der Waals surface area contributed by atoms with Crippen LogP contribution in [0.5, 0.6) is 0 Å². The molecule has 2 heterocycles. The van der Waals surface area contributed by atoms with Crippen molar-refractivity contribution < 1.29 is 16.8 Å². The van der Waals surface area contributed by atoms with Crippen LogP contribution in [0.3, 0.4) is 0 Å². The summed E-state index contributed by atoms with van der Waals surface area (Å²) in [5, 5.41) is 0. The molecule has 124 valence electrons. The first kappa shape index (κ1) is 17.1. The van der Waals surface area contributed by atoms with Gasteiger partial charge in [-0.1, -0.05) is 6.92 Å². The highest BCUT2D eigenvalue weighted by molar-refractivity contribution is 7.88. The molecule has 0 saturated carbocycles. The Bertz CT molecular complexity index is 553. The fraction of sp³-hybridized carbons (Fsp3) is 1.00. The Morgan fingerprint density at radius 1 is 0.952 bits per heavy atom. The fourth-order valence-electron chi connectivity index (χ4n) is 2.85. The Morgan fingerprint density at radius 3 is 2.14 bits per heavy atom. The number of piperidine rings is 2. The molecule has 1 unspecified atom stereocenters. The Labute approximate surface area is 127 Å². The highest BCUT2D eigenvalue weighted by atomic mass is 32.2. The van der Waals surface area contributed by atoms with Crippen molar-refractivity contribution in [1.29, 1.82) is 0 Å². The predicted molar refractivity (Wildman–Crippen MR) is 81.5 cm³/mol. The second kappa shape index (κ2) is 6.49. The van der Waals surface area contributed by atoms with E-state index in [0.717, 1.165) is 19.1 Å². The first-order chi connectivity index (χ1) is 9.68. The Hall–Kier alpha value is -0.220. The van der Waals surface area contributed by atoms with Gasteiger partial charge >= 0.3 is 0 Å². The van der Waals surface area contributed by atoms with Crippen LogP contribution in [-0.2, 0) is 20.2 Å². The van der Waals surface area contributed by atoms with E-state index in [0.29, 0.717) is 38.4 Å². The minimum absolute atomic E-state index is 0.225. The summed E-state index contributed by atoms with van der Waals surface area (Å²) in [4.78, 5) is 0. The normalized spacial score (nSPS) is 27.8. The second-order valence-corrected chi connectivity index (χ2v) is 9.85. The fourth-order valence-corrected chi connectivity index (χ4v) is 5.22. The molecule has 0 amide bonds. The SMILES string of the molecule is CC1CCN(S(=O)(=O)NC2CCCN(S(C)(=O)=O)C2)CC1. The number of hydrogen-bond donors (Lipinski definition) is 1. The Morgan fingerprint density at radius 2 is 1.57 bits per heavy atom. The average Bonchev–Trinajstić information content (AvgIpc) is 2.38. The van der Waals surface area contributed by atoms with Crippen molar-refractivity contribution >= 4 is 20.2 Å². The van der Waals surface area contributed by atoms with E-state index in [9.17, 15) is 16.8 Å². The molecule has 0 aromatic carbocycles. The third-order valence-corrected chi connectivity index (χ3v) is 7.20. The lowest BCUT2D eigenvalue weighted by Crippen LogP contribution is -2.53. The number of nitrogens with one attached hydrogen (secondary N) is 1. The van der Waals surface area contributed by atoms with Crippen molar-refractivity contribution in [1.82, 2.24) is 13.3 Å².